The summed E-state index contributed by atoms with van der Waals surface area (Å²) in [6, 6.07) is 20.3. The largest absolute Gasteiger partial charge is 0.496 e. The molecule has 0 aliphatic heterocycles. The minimum atomic E-state index is 0.682. The highest BCUT2D eigenvalue weighted by Gasteiger charge is 2.17. The molecule has 174 valence electrons. The van der Waals surface area contributed by atoms with Crippen LogP contribution in [0.4, 0.5) is 0 Å². The maximum atomic E-state index is 5.50. The van der Waals surface area contributed by atoms with Crippen molar-refractivity contribution < 1.29 is 4.74 Å². The molecular weight excluding hydrogens is 435 g/mol. The van der Waals surface area contributed by atoms with E-state index in [0.29, 0.717) is 6.54 Å². The van der Waals surface area contributed by atoms with Crippen LogP contribution >= 0.6 is 0 Å². The van der Waals surface area contributed by atoms with Crippen LogP contribution in [0.15, 0.2) is 73.1 Å². The molecule has 0 aliphatic carbocycles. The van der Waals surface area contributed by atoms with Crippen molar-refractivity contribution in [1.29, 1.82) is 0 Å². The van der Waals surface area contributed by atoms with E-state index in [-0.39, 0.29) is 0 Å². The highest BCUT2D eigenvalue weighted by molar-refractivity contribution is 6.04. The molecule has 1 N–H and O–H groups in total. The number of nitrogens with one attached hydrogen (secondary N) is 1. The number of aryl methyl sites for hydroxylation is 1. The number of aromatic nitrogens is 5. The van der Waals surface area contributed by atoms with Gasteiger partial charge in [-0.3, -0.25) is 15.0 Å². The SMILES string of the molecule is BN(CCc1ccccc1OC)Cc1nc(-c2cccc(C)n2)c(-c2ccc3nccnc3c2)[nH]1. The van der Waals surface area contributed by atoms with Crippen molar-refractivity contribution in [3.63, 3.8) is 0 Å². The van der Waals surface area contributed by atoms with Gasteiger partial charge in [0.25, 0.3) is 0 Å². The third-order valence-corrected chi connectivity index (χ3v) is 6.02. The number of rotatable bonds is 8. The number of aromatic amines is 1. The van der Waals surface area contributed by atoms with Crippen LogP contribution in [-0.4, -0.2) is 51.4 Å². The standard InChI is InChI=1S/C27H27BN6O/c1-18-6-5-8-22(31-18)27-26(20-10-11-21-23(16-20)30-14-13-29-21)32-25(33-27)17-34(28)15-12-19-7-3-4-9-24(19)35-2/h3-11,13-14,16H,12,15,17,28H2,1-2H3,(H,32,33). The van der Waals surface area contributed by atoms with Gasteiger partial charge < -0.3 is 14.5 Å². The Morgan fingerprint density at radius 1 is 0.943 bits per heavy atom. The van der Waals surface area contributed by atoms with Crippen LogP contribution in [-0.2, 0) is 13.0 Å². The summed E-state index contributed by atoms with van der Waals surface area (Å²) in [7, 11) is 3.82. The molecule has 0 amide bonds. The number of fused-ring (bicyclic) bond motifs is 1. The van der Waals surface area contributed by atoms with Crippen LogP contribution in [0.3, 0.4) is 0 Å². The first-order valence-corrected chi connectivity index (χ1v) is 11.6. The van der Waals surface area contributed by atoms with Crippen LogP contribution in [0, 0.1) is 6.92 Å². The van der Waals surface area contributed by atoms with Crippen molar-refractivity contribution in [3.8, 4) is 28.4 Å². The molecular formula is C27H27BN6O. The number of benzene rings is 2. The van der Waals surface area contributed by atoms with Crippen LogP contribution in [0.1, 0.15) is 17.1 Å². The van der Waals surface area contributed by atoms with E-state index < -0.39 is 0 Å². The number of ether oxygens (including phenoxy) is 1. The quantitative estimate of drug-likeness (QED) is 0.352. The number of hydrogen-bond acceptors (Lipinski definition) is 6. The summed E-state index contributed by atoms with van der Waals surface area (Å²) < 4.78 is 5.50. The van der Waals surface area contributed by atoms with E-state index in [9.17, 15) is 0 Å². The minimum absolute atomic E-state index is 0.682. The van der Waals surface area contributed by atoms with Crippen LogP contribution in [0.2, 0.25) is 0 Å². The fourth-order valence-electron chi connectivity index (χ4n) is 4.24. The Morgan fingerprint density at radius 2 is 1.77 bits per heavy atom. The number of H-pyrrole nitrogens is 1. The summed E-state index contributed by atoms with van der Waals surface area (Å²) in [5.41, 5.74) is 7.49. The van der Waals surface area contributed by atoms with Gasteiger partial charge in [0.05, 0.1) is 29.5 Å². The number of imidazole rings is 1. The predicted octanol–water partition coefficient (Wildman–Crippen LogP) is 3.99. The lowest BCUT2D eigenvalue weighted by Gasteiger charge is -2.16. The lowest BCUT2D eigenvalue weighted by atomic mass is 10.1. The van der Waals surface area contributed by atoms with Crippen molar-refractivity contribution in [2.75, 3.05) is 13.7 Å². The van der Waals surface area contributed by atoms with Gasteiger partial charge in [0.2, 0.25) is 0 Å². The van der Waals surface area contributed by atoms with Crippen molar-refractivity contribution in [1.82, 2.24) is 29.7 Å². The first kappa shape index (κ1) is 22.7. The average Bonchev–Trinajstić information content (AvgIpc) is 3.31. The number of methoxy groups -OCH3 is 1. The number of para-hydroxylation sites is 1. The Morgan fingerprint density at radius 3 is 2.60 bits per heavy atom. The lowest BCUT2D eigenvalue weighted by molar-refractivity contribution is 0.401. The lowest BCUT2D eigenvalue weighted by Crippen LogP contribution is -2.23. The number of pyridine rings is 1. The van der Waals surface area contributed by atoms with Gasteiger partial charge >= 0.3 is 0 Å². The normalized spacial score (nSPS) is 11.3. The zero-order valence-corrected chi connectivity index (χ0v) is 20.2. The van der Waals surface area contributed by atoms with Gasteiger partial charge in [0, 0.05) is 30.2 Å². The van der Waals surface area contributed by atoms with E-state index in [1.807, 2.05) is 55.5 Å². The fourth-order valence-corrected chi connectivity index (χ4v) is 4.24. The molecule has 3 heterocycles. The Kier molecular flexibility index (Phi) is 6.54. The Hall–Kier alpha value is -4.04. The Bertz CT molecular complexity index is 1470. The van der Waals surface area contributed by atoms with Crippen molar-refractivity contribution >= 4 is 19.0 Å². The first-order chi connectivity index (χ1) is 17.1. The molecule has 0 saturated heterocycles. The van der Waals surface area contributed by atoms with E-state index in [2.05, 4.69) is 39.9 Å². The van der Waals surface area contributed by atoms with Gasteiger partial charge in [-0.15, -0.1) is 0 Å². The second-order valence-electron chi connectivity index (χ2n) is 8.63. The van der Waals surface area contributed by atoms with Gasteiger partial charge in [-0.25, -0.2) is 4.98 Å². The zero-order valence-electron chi connectivity index (χ0n) is 20.2. The maximum Gasteiger partial charge on any atom is 0.186 e. The Balaban J connectivity index is 1.44. The summed E-state index contributed by atoms with van der Waals surface area (Å²) in [6.07, 6.45) is 4.31. The summed E-state index contributed by atoms with van der Waals surface area (Å²) >= 11 is 0. The molecule has 2 aromatic carbocycles. The number of nitrogens with zero attached hydrogens (tertiary/aromatic N) is 5. The topological polar surface area (TPSA) is 79.8 Å². The molecule has 0 unspecified atom stereocenters. The molecule has 8 heteroatoms. The van der Waals surface area contributed by atoms with E-state index in [1.54, 1.807) is 19.5 Å². The molecule has 5 rings (SSSR count). The third-order valence-electron chi connectivity index (χ3n) is 6.02. The van der Waals surface area contributed by atoms with Gasteiger partial charge in [-0.1, -0.05) is 30.3 Å². The second-order valence-corrected chi connectivity index (χ2v) is 8.63. The van der Waals surface area contributed by atoms with Gasteiger partial charge in [0.1, 0.15) is 17.3 Å². The highest BCUT2D eigenvalue weighted by Crippen LogP contribution is 2.31. The van der Waals surface area contributed by atoms with Gasteiger partial charge in [-0.2, -0.15) is 0 Å². The van der Waals surface area contributed by atoms with Gasteiger partial charge in [0.15, 0.2) is 7.98 Å². The molecule has 0 fully saturated rings. The monoisotopic (exact) mass is 462 g/mol. The molecule has 5 aromatic rings. The van der Waals surface area contributed by atoms with E-state index in [1.165, 1.54) is 5.56 Å². The number of hydrogen-bond donors (Lipinski definition) is 1. The summed E-state index contributed by atoms with van der Waals surface area (Å²) in [6.45, 7) is 3.55. The maximum absolute atomic E-state index is 5.50. The van der Waals surface area contributed by atoms with Crippen molar-refractivity contribution in [2.24, 2.45) is 0 Å². The van der Waals surface area contributed by atoms with Crippen molar-refractivity contribution in [3.05, 3.63) is 90.1 Å². The van der Waals surface area contributed by atoms with Crippen LogP contribution < -0.4 is 4.74 Å². The van der Waals surface area contributed by atoms with Crippen LogP contribution in [0.25, 0.3) is 33.7 Å². The van der Waals surface area contributed by atoms with E-state index in [4.69, 9.17) is 14.7 Å². The average molecular weight is 462 g/mol. The van der Waals surface area contributed by atoms with Gasteiger partial charge in [-0.05, 0) is 55.8 Å². The molecule has 35 heavy (non-hydrogen) atoms. The molecule has 3 aromatic heterocycles. The van der Waals surface area contributed by atoms with Crippen LogP contribution in [0.5, 0.6) is 5.75 Å². The first-order valence-electron chi connectivity index (χ1n) is 11.6. The zero-order chi connectivity index (χ0) is 24.2. The van der Waals surface area contributed by atoms with Crippen molar-refractivity contribution in [2.45, 2.75) is 19.9 Å². The second kappa shape index (κ2) is 10.1. The van der Waals surface area contributed by atoms with E-state index >= 15 is 0 Å². The molecule has 0 atom stereocenters. The predicted molar refractivity (Wildman–Crippen MR) is 141 cm³/mol. The molecule has 0 aliphatic rings. The minimum Gasteiger partial charge on any atom is -0.496 e. The molecule has 7 nitrogen and oxygen atoms in total. The third kappa shape index (κ3) is 5.07. The summed E-state index contributed by atoms with van der Waals surface area (Å²) in [5.74, 6) is 1.81. The summed E-state index contributed by atoms with van der Waals surface area (Å²) in [5, 5.41) is 0. The Labute approximate surface area is 205 Å². The molecule has 0 bridgehead atoms. The fraction of sp³-hybridized carbons (Fsp3) is 0.185. The molecule has 0 saturated carbocycles. The smallest absolute Gasteiger partial charge is 0.186 e. The molecule has 0 spiro atoms. The molecule has 0 radical (unpaired) electrons. The highest BCUT2D eigenvalue weighted by atomic mass is 16.5. The van der Waals surface area contributed by atoms with E-state index in [0.717, 1.165) is 63.9 Å². The summed E-state index contributed by atoms with van der Waals surface area (Å²) in [4.78, 5) is 24.4.